The molecule has 0 aliphatic heterocycles. The fraction of sp³-hybridized carbons (Fsp3) is 0.600. The second-order valence-electron chi connectivity index (χ2n) is 4.52. The van der Waals surface area contributed by atoms with Gasteiger partial charge in [-0.15, -0.1) is 0 Å². The molecule has 0 aliphatic rings. The molecular weight excluding hydrogens is 386 g/mol. The lowest BCUT2D eigenvalue weighted by molar-refractivity contribution is 0.219. The van der Waals surface area contributed by atoms with E-state index >= 15 is 0 Å². The monoisotopic (exact) mass is 410 g/mol. The second kappa shape index (κ2) is 8.52. The molecule has 0 fully saturated rings. The van der Waals surface area contributed by atoms with Gasteiger partial charge in [0.1, 0.15) is 0 Å². The van der Waals surface area contributed by atoms with E-state index in [1.54, 1.807) is 0 Å². The minimum atomic E-state index is -3.03. The van der Waals surface area contributed by atoms with Gasteiger partial charge in [-0.2, -0.15) is 0 Å². The Morgan fingerprint density at radius 2 is 1.50 bits per heavy atom. The van der Waals surface area contributed by atoms with Gasteiger partial charge in [0.2, 0.25) is 0 Å². The van der Waals surface area contributed by atoms with Gasteiger partial charge in [-0.1, -0.05) is 19.9 Å². The number of hydrogen-bond acceptors (Lipinski definition) is 3. The van der Waals surface area contributed by atoms with Crippen molar-refractivity contribution in [2.45, 2.75) is 46.7 Å². The molecule has 1 aromatic carbocycles. The highest BCUT2D eigenvalue weighted by Gasteiger charge is 2.25. The van der Waals surface area contributed by atoms with E-state index in [9.17, 15) is 4.57 Å². The molecule has 0 unspecified atom stereocenters. The average molecular weight is 410 g/mol. The molecule has 0 spiro atoms. The molecule has 0 bridgehead atoms. The fourth-order valence-corrected chi connectivity index (χ4v) is 4.86. The summed E-state index contributed by atoms with van der Waals surface area (Å²) in [6.07, 6.45) is 2.26. The third-order valence-corrected chi connectivity index (χ3v) is 6.18. The van der Waals surface area contributed by atoms with E-state index in [0.717, 1.165) is 18.4 Å². The molecule has 20 heavy (non-hydrogen) atoms. The molecule has 0 heterocycles. The van der Waals surface area contributed by atoms with E-state index in [1.807, 2.05) is 13.8 Å². The summed E-state index contributed by atoms with van der Waals surface area (Å²) in [6, 6.07) is 4.35. The van der Waals surface area contributed by atoms with E-state index in [-0.39, 0.29) is 0 Å². The predicted octanol–water partition coefficient (Wildman–Crippen LogP) is 5.18. The van der Waals surface area contributed by atoms with Gasteiger partial charge in [0.05, 0.1) is 19.4 Å². The van der Waals surface area contributed by atoms with Crippen molar-refractivity contribution in [1.82, 2.24) is 0 Å². The normalized spacial score (nSPS) is 11.8. The summed E-state index contributed by atoms with van der Waals surface area (Å²) >= 11 is 2.37. The lowest BCUT2D eigenvalue weighted by Gasteiger charge is -2.19. The van der Waals surface area contributed by atoms with Crippen molar-refractivity contribution in [1.29, 1.82) is 0 Å². The first-order chi connectivity index (χ1) is 9.49. The first-order valence-corrected chi connectivity index (χ1v) is 9.98. The van der Waals surface area contributed by atoms with Crippen LogP contribution in [0.1, 0.15) is 44.4 Å². The Hall–Kier alpha value is 0.1000. The van der Waals surface area contributed by atoms with Crippen LogP contribution in [-0.2, 0) is 32.6 Å². The van der Waals surface area contributed by atoms with Crippen molar-refractivity contribution < 1.29 is 13.6 Å². The van der Waals surface area contributed by atoms with Gasteiger partial charge in [0.15, 0.2) is 0 Å². The third-order valence-electron chi connectivity index (χ3n) is 3.15. The standard InChI is InChI=1S/C15H24IO3P/c1-5-12-10-15(16)13(6-2)9-14(12)11-20(17,18-7-3)19-8-4/h9-10H,5-8,11H2,1-4H3. The quantitative estimate of drug-likeness (QED) is 0.438. The molecular formula is C15H24IO3P. The zero-order valence-corrected chi connectivity index (χ0v) is 15.8. The summed E-state index contributed by atoms with van der Waals surface area (Å²) < 4.78 is 24.8. The predicted molar refractivity (Wildman–Crippen MR) is 92.5 cm³/mol. The SMILES string of the molecule is CCOP(=O)(Cc1cc(CC)c(I)cc1CC)OCC. The Balaban J connectivity index is 3.13. The van der Waals surface area contributed by atoms with Crippen LogP contribution in [-0.4, -0.2) is 13.2 Å². The van der Waals surface area contributed by atoms with Crippen molar-refractivity contribution in [3.05, 3.63) is 32.4 Å². The first kappa shape index (κ1) is 18.1. The number of rotatable bonds is 8. The second-order valence-corrected chi connectivity index (χ2v) is 7.74. The van der Waals surface area contributed by atoms with E-state index < -0.39 is 7.60 Å². The zero-order valence-electron chi connectivity index (χ0n) is 12.7. The first-order valence-electron chi connectivity index (χ1n) is 7.17. The van der Waals surface area contributed by atoms with Gasteiger partial charge in [0.25, 0.3) is 0 Å². The lowest BCUT2D eigenvalue weighted by atomic mass is 10.0. The van der Waals surface area contributed by atoms with E-state index in [4.69, 9.17) is 9.05 Å². The molecule has 114 valence electrons. The van der Waals surface area contributed by atoms with E-state index in [2.05, 4.69) is 48.6 Å². The van der Waals surface area contributed by atoms with Gasteiger partial charge < -0.3 is 9.05 Å². The van der Waals surface area contributed by atoms with Crippen LogP contribution in [0, 0.1) is 3.57 Å². The Labute approximate surface area is 136 Å². The van der Waals surface area contributed by atoms with Crippen LogP contribution in [0.5, 0.6) is 0 Å². The third kappa shape index (κ3) is 4.83. The summed E-state index contributed by atoms with van der Waals surface area (Å²) in [7, 11) is -3.03. The summed E-state index contributed by atoms with van der Waals surface area (Å²) in [4.78, 5) is 0. The summed E-state index contributed by atoms with van der Waals surface area (Å²) in [5, 5.41) is 0. The van der Waals surface area contributed by atoms with Crippen molar-refractivity contribution in [2.24, 2.45) is 0 Å². The Morgan fingerprint density at radius 3 is 1.95 bits per heavy atom. The topological polar surface area (TPSA) is 35.5 Å². The highest BCUT2D eigenvalue weighted by Crippen LogP contribution is 2.51. The molecule has 0 radical (unpaired) electrons. The molecule has 0 saturated carbocycles. The maximum Gasteiger partial charge on any atom is 0.335 e. The maximum absolute atomic E-state index is 12.7. The maximum atomic E-state index is 12.7. The minimum Gasteiger partial charge on any atom is -0.309 e. The molecule has 0 amide bonds. The Bertz CT molecular complexity index is 478. The van der Waals surface area contributed by atoms with Crippen LogP contribution in [0.4, 0.5) is 0 Å². The molecule has 0 aromatic heterocycles. The summed E-state index contributed by atoms with van der Waals surface area (Å²) in [5.74, 6) is 0. The molecule has 0 N–H and O–H groups in total. The molecule has 1 rings (SSSR count). The number of halogens is 1. The lowest BCUT2D eigenvalue weighted by Crippen LogP contribution is -2.03. The molecule has 0 aliphatic carbocycles. The van der Waals surface area contributed by atoms with Crippen LogP contribution in [0.15, 0.2) is 12.1 Å². The Morgan fingerprint density at radius 1 is 0.950 bits per heavy atom. The van der Waals surface area contributed by atoms with Gasteiger partial charge in [-0.3, -0.25) is 4.57 Å². The largest absolute Gasteiger partial charge is 0.335 e. The van der Waals surface area contributed by atoms with E-state index in [0.29, 0.717) is 19.4 Å². The van der Waals surface area contributed by atoms with Crippen LogP contribution in [0.3, 0.4) is 0 Å². The van der Waals surface area contributed by atoms with Crippen molar-refractivity contribution in [3.8, 4) is 0 Å². The van der Waals surface area contributed by atoms with Crippen LogP contribution in [0.25, 0.3) is 0 Å². The fourth-order valence-electron chi connectivity index (χ4n) is 2.19. The van der Waals surface area contributed by atoms with Gasteiger partial charge >= 0.3 is 7.60 Å². The van der Waals surface area contributed by atoms with Crippen molar-refractivity contribution >= 4 is 30.2 Å². The molecule has 0 atom stereocenters. The molecule has 3 nitrogen and oxygen atoms in total. The van der Waals surface area contributed by atoms with Crippen LogP contribution >= 0.6 is 30.2 Å². The summed E-state index contributed by atoms with van der Waals surface area (Å²) in [5.41, 5.74) is 3.61. The summed E-state index contributed by atoms with van der Waals surface area (Å²) in [6.45, 7) is 8.76. The van der Waals surface area contributed by atoms with Gasteiger partial charge in [0, 0.05) is 3.57 Å². The average Bonchev–Trinajstić information content (AvgIpc) is 2.40. The molecule has 5 heteroatoms. The number of benzene rings is 1. The van der Waals surface area contributed by atoms with Gasteiger partial charge in [-0.05, 0) is 72.0 Å². The zero-order chi connectivity index (χ0) is 15.2. The highest BCUT2D eigenvalue weighted by atomic mass is 127. The Kier molecular flexibility index (Phi) is 7.73. The van der Waals surface area contributed by atoms with Crippen LogP contribution < -0.4 is 0 Å². The van der Waals surface area contributed by atoms with Gasteiger partial charge in [-0.25, -0.2) is 0 Å². The number of hydrogen-bond donors (Lipinski definition) is 0. The van der Waals surface area contributed by atoms with Crippen molar-refractivity contribution in [2.75, 3.05) is 13.2 Å². The number of aryl methyl sites for hydroxylation is 2. The molecule has 1 aromatic rings. The van der Waals surface area contributed by atoms with Crippen LogP contribution in [0.2, 0.25) is 0 Å². The molecule has 0 saturated heterocycles. The van der Waals surface area contributed by atoms with Crippen molar-refractivity contribution in [3.63, 3.8) is 0 Å². The minimum absolute atomic E-state index is 0.363. The van der Waals surface area contributed by atoms with E-state index in [1.165, 1.54) is 14.7 Å². The smallest absolute Gasteiger partial charge is 0.309 e. The highest BCUT2D eigenvalue weighted by molar-refractivity contribution is 14.1.